The maximum atomic E-state index is 13.1. The van der Waals surface area contributed by atoms with Crippen LogP contribution in [0.5, 0.6) is 11.5 Å². The van der Waals surface area contributed by atoms with Crippen molar-refractivity contribution >= 4 is 82.0 Å². The summed E-state index contributed by atoms with van der Waals surface area (Å²) >= 11 is 12.5. The van der Waals surface area contributed by atoms with Gasteiger partial charge in [-0.2, -0.15) is 0 Å². The maximum absolute atomic E-state index is 13.1. The molecule has 0 spiro atoms. The number of aromatic amines is 1. The van der Waals surface area contributed by atoms with Crippen LogP contribution in [-0.2, 0) is 38.2 Å². The quantitative estimate of drug-likeness (QED) is 0.0368. The average Bonchev–Trinajstić information content (AvgIpc) is 3.70. The predicted octanol–water partition coefficient (Wildman–Crippen LogP) is 6.43. The molecule has 0 fully saturated rings. The van der Waals surface area contributed by atoms with Crippen molar-refractivity contribution in [2.75, 3.05) is 38.1 Å². The Bertz CT molecular complexity index is 2300. The first-order chi connectivity index (χ1) is 29.3. The van der Waals surface area contributed by atoms with Gasteiger partial charge in [0.15, 0.2) is 30.7 Å². The van der Waals surface area contributed by atoms with E-state index < -0.39 is 54.7 Å². The number of anilines is 1. The number of halogens is 2. The average molecular weight is 898 g/mol. The molecule has 0 saturated heterocycles. The summed E-state index contributed by atoms with van der Waals surface area (Å²) in [6, 6.07) is 7.20. The molecule has 2 amide bonds. The summed E-state index contributed by atoms with van der Waals surface area (Å²) in [6.45, 7) is 19.0. The number of esters is 4. The number of ether oxygens (including phenoxy) is 5. The summed E-state index contributed by atoms with van der Waals surface area (Å²) in [5.41, 5.74) is 3.91. The number of aromatic nitrogens is 1. The van der Waals surface area contributed by atoms with Crippen molar-refractivity contribution < 1.29 is 57.2 Å². The SMILES string of the molecule is C=C(CC)C(=O)c1ccc(OCC(=O)O[C@@H](C)C(=O)O[C@@H](C)C(=O)O[C@@H](C)C(=O)Oc2ccc3c(c2)/C(=C/c2[nH]c(C)c(C(=O)NCCN(CC)CC)c2C)C(=O)N3)c(Cl)c1Cl. The highest BCUT2D eigenvalue weighted by atomic mass is 35.5. The Hall–Kier alpha value is -5.97. The van der Waals surface area contributed by atoms with Crippen LogP contribution in [0, 0.1) is 13.8 Å². The molecule has 0 unspecified atom stereocenters. The molecule has 332 valence electrons. The fourth-order valence-electron chi connectivity index (χ4n) is 6.15. The lowest BCUT2D eigenvalue weighted by Crippen LogP contribution is -2.37. The van der Waals surface area contributed by atoms with Crippen LogP contribution in [0.15, 0.2) is 42.5 Å². The Morgan fingerprint density at radius 1 is 0.871 bits per heavy atom. The minimum atomic E-state index is -1.52. The number of hydrogen-bond donors (Lipinski definition) is 3. The number of carbonyl (C=O) groups excluding carboxylic acids is 7. The highest BCUT2D eigenvalue weighted by molar-refractivity contribution is 6.45. The summed E-state index contributed by atoms with van der Waals surface area (Å²) in [6.07, 6.45) is -2.44. The van der Waals surface area contributed by atoms with Gasteiger partial charge in [0.05, 0.1) is 16.2 Å². The third-order valence-corrected chi connectivity index (χ3v) is 10.7. The Balaban J connectivity index is 1.30. The van der Waals surface area contributed by atoms with Gasteiger partial charge in [-0.15, -0.1) is 0 Å². The molecule has 1 aliphatic heterocycles. The molecular formula is C44H50Cl2N4O12. The molecule has 1 aromatic heterocycles. The molecule has 2 heterocycles. The molecular weight excluding hydrogens is 847 g/mol. The molecule has 3 N–H and O–H groups in total. The number of benzene rings is 2. The van der Waals surface area contributed by atoms with Crippen molar-refractivity contribution in [2.24, 2.45) is 0 Å². The van der Waals surface area contributed by atoms with E-state index in [1.807, 2.05) is 0 Å². The number of amides is 2. The highest BCUT2D eigenvalue weighted by Crippen LogP contribution is 2.37. The van der Waals surface area contributed by atoms with Gasteiger partial charge in [-0.05, 0) is 102 Å². The van der Waals surface area contributed by atoms with Crippen LogP contribution in [0.2, 0.25) is 10.0 Å². The Morgan fingerprint density at radius 2 is 1.50 bits per heavy atom. The van der Waals surface area contributed by atoms with E-state index in [-0.39, 0.29) is 44.4 Å². The lowest BCUT2D eigenvalue weighted by atomic mass is 10.0. The number of fused-ring (bicyclic) bond motifs is 1. The molecule has 4 rings (SSSR count). The zero-order chi connectivity index (χ0) is 46.0. The molecule has 18 heteroatoms. The molecule has 62 heavy (non-hydrogen) atoms. The van der Waals surface area contributed by atoms with Gasteiger partial charge in [-0.3, -0.25) is 14.4 Å². The summed E-state index contributed by atoms with van der Waals surface area (Å²) in [4.78, 5) is 94.8. The zero-order valence-corrected chi connectivity index (χ0v) is 37.3. The van der Waals surface area contributed by atoms with E-state index in [9.17, 15) is 33.6 Å². The predicted molar refractivity (Wildman–Crippen MR) is 231 cm³/mol. The largest absolute Gasteiger partial charge is 0.480 e. The molecule has 3 atom stereocenters. The minimum absolute atomic E-state index is 0.0205. The van der Waals surface area contributed by atoms with Crippen LogP contribution < -0.4 is 20.1 Å². The summed E-state index contributed by atoms with van der Waals surface area (Å²) in [5.74, 6) is -5.16. The van der Waals surface area contributed by atoms with Gasteiger partial charge < -0.3 is 44.2 Å². The molecule has 0 aliphatic carbocycles. The lowest BCUT2D eigenvalue weighted by molar-refractivity contribution is -0.181. The monoisotopic (exact) mass is 896 g/mol. The number of allylic oxidation sites excluding steroid dienone is 1. The van der Waals surface area contributed by atoms with Gasteiger partial charge in [0.25, 0.3) is 11.8 Å². The fraction of sp³-hybridized carbons (Fsp3) is 0.386. The van der Waals surface area contributed by atoms with Gasteiger partial charge in [-0.1, -0.05) is 50.6 Å². The number of carbonyl (C=O) groups is 7. The van der Waals surface area contributed by atoms with Crippen LogP contribution in [-0.4, -0.2) is 102 Å². The molecule has 0 bridgehead atoms. The number of H-pyrrole nitrogens is 1. The number of hydrogen-bond acceptors (Lipinski definition) is 13. The smallest absolute Gasteiger partial charge is 0.352 e. The number of likely N-dealkylation sites (N-methyl/N-ethyl adjacent to an activating group) is 1. The second-order valence-electron chi connectivity index (χ2n) is 14.2. The van der Waals surface area contributed by atoms with E-state index in [1.165, 1.54) is 45.0 Å². The first-order valence-corrected chi connectivity index (χ1v) is 20.6. The van der Waals surface area contributed by atoms with E-state index >= 15 is 0 Å². The van der Waals surface area contributed by atoms with Crippen LogP contribution in [0.1, 0.15) is 91.2 Å². The van der Waals surface area contributed by atoms with E-state index in [0.29, 0.717) is 58.8 Å². The van der Waals surface area contributed by atoms with Crippen molar-refractivity contribution in [3.63, 3.8) is 0 Å². The van der Waals surface area contributed by atoms with Crippen LogP contribution >= 0.6 is 23.2 Å². The number of nitrogens with one attached hydrogen (secondary N) is 3. The molecule has 3 aromatic rings. The number of Topliss-reactive ketones (excluding diaryl/α,β-unsaturated/α-hetero) is 1. The maximum Gasteiger partial charge on any atom is 0.352 e. The third-order valence-electron chi connectivity index (χ3n) is 9.87. The topological polar surface area (TPSA) is 209 Å². The van der Waals surface area contributed by atoms with E-state index in [0.717, 1.165) is 13.1 Å². The van der Waals surface area contributed by atoms with Gasteiger partial charge in [0.1, 0.15) is 16.5 Å². The van der Waals surface area contributed by atoms with E-state index in [2.05, 4.69) is 40.9 Å². The highest BCUT2D eigenvalue weighted by Gasteiger charge is 2.31. The van der Waals surface area contributed by atoms with Gasteiger partial charge >= 0.3 is 23.9 Å². The standard InChI is InChI=1S/C44H50Cl2N4O12/c1-10-22(4)39(52)29-14-16-34(38(46)37(29)45)58-21-35(51)59-25(7)42(55)60-26(8)43(56)61-27(9)44(57)62-28-13-15-32-30(19-28)31(40(53)49-32)20-33-23(5)36(24(6)48-33)41(54)47-17-18-50(11-2)12-3/h13-16,19-20,25-27,48H,4,10-12,17-18,21H2,1-3,5-9H3,(H,47,54)(H,49,53)/b31-20-/t25-,26-,27-/m0/s1. The molecule has 2 aromatic carbocycles. The van der Waals surface area contributed by atoms with Gasteiger partial charge in [-0.25, -0.2) is 19.2 Å². The minimum Gasteiger partial charge on any atom is -0.480 e. The number of rotatable bonds is 20. The number of nitrogens with zero attached hydrogens (tertiary/aromatic N) is 1. The van der Waals surface area contributed by atoms with Crippen molar-refractivity contribution in [2.45, 2.75) is 80.1 Å². The van der Waals surface area contributed by atoms with Crippen molar-refractivity contribution in [1.29, 1.82) is 0 Å². The van der Waals surface area contributed by atoms with E-state index in [1.54, 1.807) is 32.9 Å². The van der Waals surface area contributed by atoms with Gasteiger partial charge in [0.2, 0.25) is 0 Å². The first-order valence-electron chi connectivity index (χ1n) is 19.8. The van der Waals surface area contributed by atoms with E-state index in [4.69, 9.17) is 46.9 Å². The second kappa shape index (κ2) is 21.7. The fourth-order valence-corrected chi connectivity index (χ4v) is 6.62. The zero-order valence-electron chi connectivity index (χ0n) is 35.7. The van der Waals surface area contributed by atoms with Crippen LogP contribution in [0.25, 0.3) is 11.6 Å². The van der Waals surface area contributed by atoms with Crippen molar-refractivity contribution in [3.05, 3.63) is 86.2 Å². The molecule has 1 aliphatic rings. The lowest BCUT2D eigenvalue weighted by Gasteiger charge is -2.18. The Kier molecular flexibility index (Phi) is 17.0. The van der Waals surface area contributed by atoms with Crippen molar-refractivity contribution in [1.82, 2.24) is 15.2 Å². The summed E-state index contributed by atoms with van der Waals surface area (Å²) in [7, 11) is 0. The van der Waals surface area contributed by atoms with Crippen molar-refractivity contribution in [3.8, 4) is 11.5 Å². The second-order valence-corrected chi connectivity index (χ2v) is 14.9. The molecule has 0 saturated carbocycles. The number of aryl methyl sites for hydroxylation is 1. The molecule has 16 nitrogen and oxygen atoms in total. The normalized spacial score (nSPS) is 14.0. The van der Waals surface area contributed by atoms with Crippen LogP contribution in [0.4, 0.5) is 5.69 Å². The first kappa shape index (κ1) is 48.7. The number of ketones is 1. The van der Waals surface area contributed by atoms with Gasteiger partial charge in [0, 0.05) is 41.3 Å². The summed E-state index contributed by atoms with van der Waals surface area (Å²) < 4.78 is 26.2. The Labute approximate surface area is 369 Å². The Morgan fingerprint density at radius 3 is 2.13 bits per heavy atom. The van der Waals surface area contributed by atoms with Crippen LogP contribution in [0.3, 0.4) is 0 Å². The molecule has 0 radical (unpaired) electrons. The summed E-state index contributed by atoms with van der Waals surface area (Å²) in [5, 5.41) is 5.53. The third kappa shape index (κ3) is 11.9.